The summed E-state index contributed by atoms with van der Waals surface area (Å²) in [4.78, 5) is 14.2. The van der Waals surface area contributed by atoms with E-state index in [1.54, 1.807) is 18.2 Å². The van der Waals surface area contributed by atoms with Crippen LogP contribution in [0.5, 0.6) is 5.75 Å². The van der Waals surface area contributed by atoms with E-state index >= 15 is 0 Å². The molecule has 0 radical (unpaired) electrons. The first-order chi connectivity index (χ1) is 16.0. The fraction of sp³-hybridized carbons (Fsp3) is 0.261. The van der Waals surface area contributed by atoms with Crippen molar-refractivity contribution >= 4 is 38.0 Å². The molecule has 0 unspecified atom stereocenters. The van der Waals surface area contributed by atoms with Crippen LogP contribution in [-0.4, -0.2) is 47.2 Å². The molecule has 0 aliphatic carbocycles. The minimum Gasteiger partial charge on any atom is -0.406 e. The van der Waals surface area contributed by atoms with Crippen LogP contribution < -0.4 is 20.3 Å². The summed E-state index contributed by atoms with van der Waals surface area (Å²) < 4.78 is 66.3. The number of carbonyl (C=O) groups is 1. The molecule has 0 heterocycles. The average Bonchev–Trinajstić information content (AvgIpc) is 2.76. The highest BCUT2D eigenvalue weighted by Crippen LogP contribution is 2.31. The molecule has 0 aromatic heterocycles. The number of fused-ring (bicyclic) bond motifs is 1. The Kier molecular flexibility index (Phi) is 7.55. The maximum atomic E-state index is 13.0. The Morgan fingerprint density at radius 1 is 0.971 bits per heavy atom. The van der Waals surface area contributed by atoms with Crippen molar-refractivity contribution in [1.82, 2.24) is 5.32 Å². The highest BCUT2D eigenvalue weighted by molar-refractivity contribution is 7.91. The number of anilines is 2. The van der Waals surface area contributed by atoms with Crippen LogP contribution >= 0.6 is 0 Å². The van der Waals surface area contributed by atoms with Crippen molar-refractivity contribution in [3.05, 3.63) is 60.7 Å². The van der Waals surface area contributed by atoms with Crippen LogP contribution in [0.2, 0.25) is 0 Å². The van der Waals surface area contributed by atoms with Gasteiger partial charge in [0.2, 0.25) is 0 Å². The molecule has 3 rings (SSSR count). The molecule has 0 fully saturated rings. The lowest BCUT2D eigenvalue weighted by atomic mass is 10.1. The standard InChI is InChI=1S/C23H24F3N3O4S/c1-29(2)20-8-3-7-19-18(20)6-4-9-21(19)34(31,32)15-5-14-27-22(30)28-16-10-12-17(13-11-16)33-23(24,25)26/h3-4,6-13H,5,14-15H2,1-2H3,(H2,27,28,30). The minimum atomic E-state index is -4.80. The number of halogens is 3. The molecule has 0 aliphatic rings. The monoisotopic (exact) mass is 495 g/mol. The number of ether oxygens (including phenoxy) is 1. The van der Waals surface area contributed by atoms with Crippen LogP contribution in [0.15, 0.2) is 65.6 Å². The molecule has 0 saturated carbocycles. The van der Waals surface area contributed by atoms with Gasteiger partial charge in [0, 0.05) is 42.8 Å². The number of benzene rings is 3. The molecular formula is C23H24F3N3O4S. The molecule has 7 nitrogen and oxygen atoms in total. The number of nitrogens with zero attached hydrogens (tertiary/aromatic N) is 1. The molecule has 0 aliphatic heterocycles. The first-order valence-electron chi connectivity index (χ1n) is 10.3. The van der Waals surface area contributed by atoms with Crippen molar-refractivity contribution in [2.45, 2.75) is 17.7 Å². The molecule has 0 spiro atoms. The van der Waals surface area contributed by atoms with Gasteiger partial charge in [-0.2, -0.15) is 0 Å². The van der Waals surface area contributed by atoms with Gasteiger partial charge >= 0.3 is 12.4 Å². The molecule has 0 bridgehead atoms. The number of rotatable bonds is 8. The van der Waals surface area contributed by atoms with E-state index in [-0.39, 0.29) is 29.3 Å². The van der Waals surface area contributed by atoms with Crippen LogP contribution in [0.1, 0.15) is 6.42 Å². The Balaban J connectivity index is 1.55. The van der Waals surface area contributed by atoms with E-state index in [4.69, 9.17) is 0 Å². The van der Waals surface area contributed by atoms with Gasteiger partial charge in [0.15, 0.2) is 9.84 Å². The topological polar surface area (TPSA) is 87.7 Å². The molecule has 0 atom stereocenters. The lowest BCUT2D eigenvalue weighted by Gasteiger charge is -2.17. The summed E-state index contributed by atoms with van der Waals surface area (Å²) in [6.07, 6.45) is -4.62. The van der Waals surface area contributed by atoms with Crippen LogP contribution in [0.4, 0.5) is 29.3 Å². The fourth-order valence-electron chi connectivity index (χ4n) is 3.42. The maximum absolute atomic E-state index is 13.0. The van der Waals surface area contributed by atoms with Crippen molar-refractivity contribution < 1.29 is 31.1 Å². The maximum Gasteiger partial charge on any atom is 0.573 e. The van der Waals surface area contributed by atoms with Crippen molar-refractivity contribution in [3.8, 4) is 5.75 Å². The Labute approximate surface area is 195 Å². The second kappa shape index (κ2) is 10.2. The fourth-order valence-corrected chi connectivity index (χ4v) is 4.96. The smallest absolute Gasteiger partial charge is 0.406 e. The van der Waals surface area contributed by atoms with Gasteiger partial charge in [-0.15, -0.1) is 13.2 Å². The van der Waals surface area contributed by atoms with Gasteiger partial charge in [0.25, 0.3) is 0 Å². The molecule has 0 saturated heterocycles. The number of amides is 2. The number of sulfone groups is 1. The first kappa shape index (κ1) is 25.2. The third-order valence-electron chi connectivity index (χ3n) is 4.90. The molecular weight excluding hydrogens is 471 g/mol. The molecule has 11 heteroatoms. The zero-order valence-corrected chi connectivity index (χ0v) is 19.3. The molecule has 182 valence electrons. The van der Waals surface area contributed by atoms with Gasteiger partial charge in [-0.1, -0.05) is 24.3 Å². The van der Waals surface area contributed by atoms with Crippen LogP contribution in [-0.2, 0) is 9.84 Å². The number of hydrogen-bond donors (Lipinski definition) is 2. The minimum absolute atomic E-state index is 0.0913. The summed E-state index contributed by atoms with van der Waals surface area (Å²) >= 11 is 0. The third-order valence-corrected chi connectivity index (χ3v) is 6.75. The van der Waals surface area contributed by atoms with Gasteiger partial charge in [0.1, 0.15) is 5.75 Å². The molecule has 3 aromatic rings. The van der Waals surface area contributed by atoms with Crippen molar-refractivity contribution in [2.75, 3.05) is 36.6 Å². The van der Waals surface area contributed by atoms with E-state index in [1.807, 2.05) is 37.2 Å². The number of urea groups is 1. The Bertz CT molecular complexity index is 1260. The zero-order chi connectivity index (χ0) is 24.9. The number of alkyl halides is 3. The second-order valence-corrected chi connectivity index (χ2v) is 9.73. The molecule has 34 heavy (non-hydrogen) atoms. The number of hydrogen-bond acceptors (Lipinski definition) is 5. The molecule has 2 N–H and O–H groups in total. The summed E-state index contributed by atoms with van der Waals surface area (Å²) in [6, 6.07) is 14.7. The predicted octanol–water partition coefficient (Wildman–Crippen LogP) is 4.79. The third kappa shape index (κ3) is 6.53. The van der Waals surface area contributed by atoms with E-state index in [9.17, 15) is 26.4 Å². The highest BCUT2D eigenvalue weighted by Gasteiger charge is 2.31. The Morgan fingerprint density at radius 2 is 1.62 bits per heavy atom. The first-order valence-corrected chi connectivity index (χ1v) is 11.9. The molecule has 2 amide bonds. The second-order valence-electron chi connectivity index (χ2n) is 7.65. The van der Waals surface area contributed by atoms with Crippen LogP contribution in [0, 0.1) is 0 Å². The lowest BCUT2D eigenvalue weighted by Crippen LogP contribution is -2.30. The Morgan fingerprint density at radius 3 is 2.26 bits per heavy atom. The van der Waals surface area contributed by atoms with Crippen LogP contribution in [0.3, 0.4) is 0 Å². The summed E-state index contributed by atoms with van der Waals surface area (Å²) in [6.45, 7) is 0.0913. The van der Waals surface area contributed by atoms with Crippen molar-refractivity contribution in [3.63, 3.8) is 0 Å². The van der Waals surface area contributed by atoms with Gasteiger partial charge in [0.05, 0.1) is 10.6 Å². The highest BCUT2D eigenvalue weighted by atomic mass is 32.2. The SMILES string of the molecule is CN(C)c1cccc2c(S(=O)(=O)CCCNC(=O)Nc3ccc(OC(F)(F)F)cc3)cccc12. The Hall–Kier alpha value is -3.47. The van der Waals surface area contributed by atoms with Gasteiger partial charge in [-0.25, -0.2) is 13.2 Å². The van der Waals surface area contributed by atoms with Crippen LogP contribution in [0.25, 0.3) is 10.8 Å². The summed E-state index contributed by atoms with van der Waals surface area (Å²) in [7, 11) is 0.171. The van der Waals surface area contributed by atoms with E-state index in [2.05, 4.69) is 15.4 Å². The van der Waals surface area contributed by atoms with Crippen molar-refractivity contribution in [1.29, 1.82) is 0 Å². The van der Waals surface area contributed by atoms with E-state index in [0.29, 0.717) is 5.39 Å². The van der Waals surface area contributed by atoms with E-state index in [0.717, 1.165) is 23.2 Å². The van der Waals surface area contributed by atoms with E-state index < -0.39 is 28.0 Å². The summed E-state index contributed by atoms with van der Waals surface area (Å²) in [5, 5.41) is 6.47. The zero-order valence-electron chi connectivity index (χ0n) is 18.5. The number of nitrogens with one attached hydrogen (secondary N) is 2. The van der Waals surface area contributed by atoms with E-state index in [1.165, 1.54) is 12.1 Å². The summed E-state index contributed by atoms with van der Waals surface area (Å²) in [5.41, 5.74) is 1.16. The normalized spacial score (nSPS) is 11.8. The predicted molar refractivity (Wildman–Crippen MR) is 125 cm³/mol. The van der Waals surface area contributed by atoms with Gasteiger partial charge in [-0.05, 0) is 42.8 Å². The molecule has 3 aromatic carbocycles. The van der Waals surface area contributed by atoms with Gasteiger partial charge < -0.3 is 20.3 Å². The quantitative estimate of drug-likeness (QED) is 0.439. The van der Waals surface area contributed by atoms with Gasteiger partial charge in [-0.3, -0.25) is 0 Å². The van der Waals surface area contributed by atoms with Crippen molar-refractivity contribution in [2.24, 2.45) is 0 Å². The average molecular weight is 496 g/mol. The largest absolute Gasteiger partial charge is 0.573 e. The number of carbonyl (C=O) groups excluding carboxylic acids is 1. The lowest BCUT2D eigenvalue weighted by molar-refractivity contribution is -0.274. The summed E-state index contributed by atoms with van der Waals surface area (Å²) in [5.74, 6) is -0.572.